The molecule has 110 valence electrons. The molecule has 0 atom stereocenters. The van der Waals surface area contributed by atoms with E-state index in [1.807, 2.05) is 20.1 Å². The molecule has 0 saturated carbocycles. The van der Waals surface area contributed by atoms with Crippen LogP contribution in [0.4, 0.5) is 10.5 Å². The molecule has 0 heterocycles. The van der Waals surface area contributed by atoms with E-state index in [0.717, 1.165) is 0 Å². The minimum atomic E-state index is -1.09. The second-order valence-corrected chi connectivity index (χ2v) is 7.20. The van der Waals surface area contributed by atoms with Gasteiger partial charge in [0.15, 0.2) is 0 Å². The Balaban J connectivity index is 2.74. The number of hydrogen-bond donors (Lipinski definition) is 3. The normalized spacial score (nSPS) is 11.0. The van der Waals surface area contributed by atoms with Gasteiger partial charge in [-0.15, -0.1) is 0 Å². The Labute approximate surface area is 130 Å². The molecule has 0 aliphatic heterocycles. The highest BCUT2D eigenvalue weighted by molar-refractivity contribution is 9.10. The maximum Gasteiger partial charge on any atom is 0.337 e. The minimum absolute atomic E-state index is 0.0404. The minimum Gasteiger partial charge on any atom is -0.478 e. The number of carbonyl (C=O) groups excluding carboxylic acids is 1. The maximum absolute atomic E-state index is 11.8. The molecule has 0 spiro atoms. The van der Waals surface area contributed by atoms with Crippen molar-refractivity contribution < 1.29 is 14.7 Å². The van der Waals surface area contributed by atoms with Crippen molar-refractivity contribution in [3.05, 3.63) is 28.2 Å². The van der Waals surface area contributed by atoms with Crippen molar-refractivity contribution in [3.63, 3.8) is 0 Å². The first-order valence-corrected chi connectivity index (χ1v) is 7.90. The van der Waals surface area contributed by atoms with Crippen LogP contribution in [0.25, 0.3) is 0 Å². The number of aromatic carboxylic acids is 1. The number of hydrogen-bond acceptors (Lipinski definition) is 3. The monoisotopic (exact) mass is 360 g/mol. The second kappa shape index (κ2) is 6.99. The molecule has 2 amide bonds. The number of benzene rings is 1. The summed E-state index contributed by atoms with van der Waals surface area (Å²) in [5, 5.41) is 14.4. The Morgan fingerprint density at radius 3 is 2.60 bits per heavy atom. The molecule has 5 nitrogen and oxygen atoms in total. The van der Waals surface area contributed by atoms with Crippen LogP contribution in [0.5, 0.6) is 0 Å². The number of urea groups is 1. The average Bonchev–Trinajstić information content (AvgIpc) is 2.38. The molecule has 0 aliphatic carbocycles. The molecule has 1 rings (SSSR count). The first-order valence-electron chi connectivity index (χ1n) is 5.88. The lowest BCUT2D eigenvalue weighted by atomic mass is 10.2. The zero-order valence-electron chi connectivity index (χ0n) is 11.5. The van der Waals surface area contributed by atoms with Gasteiger partial charge in [0.2, 0.25) is 0 Å². The fraction of sp³-hybridized carbons (Fsp3) is 0.385. The largest absolute Gasteiger partial charge is 0.478 e. The van der Waals surface area contributed by atoms with E-state index in [2.05, 4.69) is 26.6 Å². The summed E-state index contributed by atoms with van der Waals surface area (Å²) in [4.78, 5) is 22.9. The zero-order valence-corrected chi connectivity index (χ0v) is 13.9. The topological polar surface area (TPSA) is 78.4 Å². The molecule has 0 aliphatic rings. The van der Waals surface area contributed by atoms with E-state index < -0.39 is 12.0 Å². The van der Waals surface area contributed by atoms with Crippen LogP contribution in [0.2, 0.25) is 0 Å². The van der Waals surface area contributed by atoms with E-state index >= 15 is 0 Å². The third-order valence-electron chi connectivity index (χ3n) is 2.69. The van der Waals surface area contributed by atoms with Gasteiger partial charge in [0.25, 0.3) is 0 Å². The predicted octanol–water partition coefficient (Wildman–Crippen LogP) is 3.41. The van der Waals surface area contributed by atoms with Gasteiger partial charge in [-0.1, -0.05) is 15.9 Å². The second-order valence-electron chi connectivity index (χ2n) is 4.77. The highest BCUT2D eigenvalue weighted by Gasteiger charge is 2.18. The van der Waals surface area contributed by atoms with Crippen LogP contribution in [0, 0.1) is 0 Å². The van der Waals surface area contributed by atoms with Crippen molar-refractivity contribution in [1.82, 2.24) is 5.32 Å². The lowest BCUT2D eigenvalue weighted by molar-refractivity contribution is 0.0698. The van der Waals surface area contributed by atoms with Crippen molar-refractivity contribution in [2.75, 3.05) is 18.1 Å². The van der Waals surface area contributed by atoms with Crippen LogP contribution in [-0.4, -0.2) is 34.7 Å². The SMILES string of the molecule is CSC(C)(C)CNC(=O)Nc1ccc(Br)cc1C(=O)O. The third kappa shape index (κ3) is 5.05. The maximum atomic E-state index is 11.8. The molecule has 0 saturated heterocycles. The molecule has 0 fully saturated rings. The number of amides is 2. The van der Waals surface area contributed by atoms with Crippen molar-refractivity contribution in [2.24, 2.45) is 0 Å². The molecular formula is C13H17BrN2O3S. The fourth-order valence-corrected chi connectivity index (χ4v) is 1.91. The first kappa shape index (κ1) is 16.8. The summed E-state index contributed by atoms with van der Waals surface area (Å²) >= 11 is 4.85. The average molecular weight is 361 g/mol. The van der Waals surface area contributed by atoms with Gasteiger partial charge in [-0.25, -0.2) is 9.59 Å². The molecule has 3 N–H and O–H groups in total. The summed E-state index contributed by atoms with van der Waals surface area (Å²) in [5.74, 6) is -1.09. The van der Waals surface area contributed by atoms with Gasteiger partial charge < -0.3 is 15.7 Å². The van der Waals surface area contributed by atoms with Gasteiger partial charge in [-0.2, -0.15) is 11.8 Å². The molecule has 1 aromatic carbocycles. The van der Waals surface area contributed by atoms with E-state index in [1.54, 1.807) is 23.9 Å². The van der Waals surface area contributed by atoms with Crippen molar-refractivity contribution in [3.8, 4) is 0 Å². The molecule has 0 unspecified atom stereocenters. The van der Waals surface area contributed by atoms with E-state index in [0.29, 0.717) is 11.0 Å². The van der Waals surface area contributed by atoms with Gasteiger partial charge in [0.1, 0.15) is 0 Å². The van der Waals surface area contributed by atoms with Crippen molar-refractivity contribution in [1.29, 1.82) is 0 Å². The van der Waals surface area contributed by atoms with Crippen LogP contribution in [0.3, 0.4) is 0 Å². The Bertz CT molecular complexity index is 520. The number of carboxylic acids is 1. The number of rotatable bonds is 5. The van der Waals surface area contributed by atoms with E-state index in [9.17, 15) is 9.59 Å². The summed E-state index contributed by atoms with van der Waals surface area (Å²) in [6.45, 7) is 4.51. The highest BCUT2D eigenvalue weighted by Crippen LogP contribution is 2.22. The molecular weight excluding hydrogens is 344 g/mol. The molecule has 0 radical (unpaired) electrons. The molecule has 1 aromatic rings. The Hall–Kier alpha value is -1.21. The smallest absolute Gasteiger partial charge is 0.337 e. The Kier molecular flexibility index (Phi) is 5.88. The number of halogens is 1. The van der Waals surface area contributed by atoms with Crippen LogP contribution >= 0.6 is 27.7 Å². The standard InChI is InChI=1S/C13H17BrN2O3S/c1-13(2,20-3)7-15-12(19)16-10-5-4-8(14)6-9(10)11(17)18/h4-6H,7H2,1-3H3,(H,17,18)(H2,15,16,19). The lowest BCUT2D eigenvalue weighted by Crippen LogP contribution is -2.38. The first-order chi connectivity index (χ1) is 9.25. The van der Waals surface area contributed by atoms with E-state index in [4.69, 9.17) is 5.11 Å². The molecule has 0 bridgehead atoms. The molecule has 0 aromatic heterocycles. The summed E-state index contributed by atoms with van der Waals surface area (Å²) in [6.07, 6.45) is 1.97. The van der Waals surface area contributed by atoms with E-state index in [-0.39, 0.29) is 16.0 Å². The number of carboxylic acid groups (broad SMARTS) is 1. The van der Waals surface area contributed by atoms with Crippen molar-refractivity contribution >= 4 is 45.4 Å². The van der Waals surface area contributed by atoms with Crippen LogP contribution in [-0.2, 0) is 0 Å². The van der Waals surface area contributed by atoms with Gasteiger partial charge in [0, 0.05) is 15.8 Å². The quantitative estimate of drug-likeness (QED) is 0.751. The number of carbonyl (C=O) groups is 2. The van der Waals surface area contributed by atoms with Gasteiger partial charge >= 0.3 is 12.0 Å². The summed E-state index contributed by atoms with van der Waals surface area (Å²) in [7, 11) is 0. The summed E-state index contributed by atoms with van der Waals surface area (Å²) in [6, 6.07) is 4.25. The summed E-state index contributed by atoms with van der Waals surface area (Å²) in [5.41, 5.74) is 0.304. The van der Waals surface area contributed by atoms with Crippen LogP contribution < -0.4 is 10.6 Å². The van der Waals surface area contributed by atoms with Crippen LogP contribution in [0.1, 0.15) is 24.2 Å². The van der Waals surface area contributed by atoms with E-state index in [1.165, 1.54) is 6.07 Å². The Morgan fingerprint density at radius 2 is 2.05 bits per heavy atom. The van der Waals surface area contributed by atoms with Crippen molar-refractivity contribution in [2.45, 2.75) is 18.6 Å². The highest BCUT2D eigenvalue weighted by atomic mass is 79.9. The third-order valence-corrected chi connectivity index (χ3v) is 4.43. The zero-order chi connectivity index (χ0) is 15.3. The number of anilines is 1. The summed E-state index contributed by atoms with van der Waals surface area (Å²) < 4.78 is 0.566. The Morgan fingerprint density at radius 1 is 1.40 bits per heavy atom. The van der Waals surface area contributed by atoms with Gasteiger partial charge in [-0.05, 0) is 38.3 Å². The molecule has 20 heavy (non-hydrogen) atoms. The number of nitrogens with one attached hydrogen (secondary N) is 2. The van der Waals surface area contributed by atoms with Gasteiger partial charge in [-0.3, -0.25) is 0 Å². The van der Waals surface area contributed by atoms with Gasteiger partial charge in [0.05, 0.1) is 11.3 Å². The predicted molar refractivity (Wildman–Crippen MR) is 85.7 cm³/mol. The lowest BCUT2D eigenvalue weighted by Gasteiger charge is -2.22. The molecule has 7 heteroatoms. The van der Waals surface area contributed by atoms with Crippen LogP contribution in [0.15, 0.2) is 22.7 Å². The fourth-order valence-electron chi connectivity index (χ4n) is 1.33. The number of thioether (sulfide) groups is 1.